The molecule has 2 aromatic rings. The standard InChI is InChI=1S/C18H24O4/c1-13(19)9-11-21-17-7-3-6-16-15(17)5-4-8-18(16)22-12-10-14(2)20/h3-8,13-14,19-20H,9-12H2,1-2H3. The summed E-state index contributed by atoms with van der Waals surface area (Å²) in [7, 11) is 0. The molecule has 0 amide bonds. The highest BCUT2D eigenvalue weighted by Gasteiger charge is 2.08. The van der Waals surface area contributed by atoms with Crippen LogP contribution in [0.15, 0.2) is 36.4 Å². The minimum atomic E-state index is -0.366. The molecule has 22 heavy (non-hydrogen) atoms. The first-order valence-corrected chi connectivity index (χ1v) is 7.71. The van der Waals surface area contributed by atoms with Gasteiger partial charge in [0.2, 0.25) is 0 Å². The molecule has 0 saturated heterocycles. The van der Waals surface area contributed by atoms with Crippen molar-refractivity contribution in [1.29, 1.82) is 0 Å². The van der Waals surface area contributed by atoms with Gasteiger partial charge in [0.15, 0.2) is 0 Å². The molecule has 4 nitrogen and oxygen atoms in total. The average molecular weight is 304 g/mol. The van der Waals surface area contributed by atoms with Crippen molar-refractivity contribution in [1.82, 2.24) is 0 Å². The fourth-order valence-corrected chi connectivity index (χ4v) is 2.18. The van der Waals surface area contributed by atoms with Crippen LogP contribution in [-0.4, -0.2) is 35.6 Å². The van der Waals surface area contributed by atoms with Crippen LogP contribution in [0.5, 0.6) is 11.5 Å². The lowest BCUT2D eigenvalue weighted by atomic mass is 10.1. The third-order valence-corrected chi connectivity index (χ3v) is 3.43. The molecular formula is C18H24O4. The number of ether oxygens (including phenoxy) is 2. The van der Waals surface area contributed by atoms with Crippen LogP contribution in [0.4, 0.5) is 0 Å². The van der Waals surface area contributed by atoms with E-state index in [1.165, 1.54) is 0 Å². The van der Waals surface area contributed by atoms with E-state index in [4.69, 9.17) is 9.47 Å². The molecule has 0 radical (unpaired) electrons. The first kappa shape index (κ1) is 16.6. The third kappa shape index (κ3) is 4.61. The van der Waals surface area contributed by atoms with Crippen molar-refractivity contribution in [3.8, 4) is 11.5 Å². The molecule has 0 fully saturated rings. The summed E-state index contributed by atoms with van der Waals surface area (Å²) in [4.78, 5) is 0. The van der Waals surface area contributed by atoms with Crippen molar-refractivity contribution < 1.29 is 19.7 Å². The molecule has 120 valence electrons. The van der Waals surface area contributed by atoms with Crippen molar-refractivity contribution >= 4 is 10.8 Å². The first-order valence-electron chi connectivity index (χ1n) is 7.71. The van der Waals surface area contributed by atoms with E-state index in [1.54, 1.807) is 13.8 Å². The molecule has 4 heteroatoms. The zero-order valence-corrected chi connectivity index (χ0v) is 13.2. The Morgan fingerprint density at radius 3 is 1.55 bits per heavy atom. The summed E-state index contributed by atoms with van der Waals surface area (Å²) in [5.41, 5.74) is 0. The second kappa shape index (κ2) is 8.01. The maximum Gasteiger partial charge on any atom is 0.127 e. The lowest BCUT2D eigenvalue weighted by Crippen LogP contribution is -2.08. The van der Waals surface area contributed by atoms with Gasteiger partial charge in [-0.2, -0.15) is 0 Å². The molecular weight excluding hydrogens is 280 g/mol. The largest absolute Gasteiger partial charge is 0.493 e. The van der Waals surface area contributed by atoms with E-state index >= 15 is 0 Å². The van der Waals surface area contributed by atoms with Crippen LogP contribution in [-0.2, 0) is 0 Å². The van der Waals surface area contributed by atoms with Crippen LogP contribution in [0.3, 0.4) is 0 Å². The molecule has 2 rings (SSSR count). The van der Waals surface area contributed by atoms with E-state index in [1.807, 2.05) is 36.4 Å². The molecule has 0 heterocycles. The molecule has 2 aromatic carbocycles. The predicted octanol–water partition coefficient (Wildman–Crippen LogP) is 3.14. The summed E-state index contributed by atoms with van der Waals surface area (Å²) < 4.78 is 11.5. The average Bonchev–Trinajstić information content (AvgIpc) is 2.47. The Bertz CT molecular complexity index is 539. The highest BCUT2D eigenvalue weighted by Crippen LogP contribution is 2.32. The number of aliphatic hydroxyl groups excluding tert-OH is 2. The van der Waals surface area contributed by atoms with Crippen molar-refractivity contribution in [3.63, 3.8) is 0 Å². The van der Waals surface area contributed by atoms with Crippen molar-refractivity contribution in [2.75, 3.05) is 13.2 Å². The molecule has 2 atom stereocenters. The number of fused-ring (bicyclic) bond motifs is 1. The number of rotatable bonds is 8. The molecule has 0 aliphatic carbocycles. The maximum absolute atomic E-state index is 9.31. The summed E-state index contributed by atoms with van der Waals surface area (Å²) in [5.74, 6) is 1.58. The second-order valence-electron chi connectivity index (χ2n) is 5.58. The fraction of sp³-hybridized carbons (Fsp3) is 0.444. The van der Waals surface area contributed by atoms with E-state index in [2.05, 4.69) is 0 Å². The van der Waals surface area contributed by atoms with Gasteiger partial charge < -0.3 is 19.7 Å². The topological polar surface area (TPSA) is 58.9 Å². The second-order valence-corrected chi connectivity index (χ2v) is 5.58. The first-order chi connectivity index (χ1) is 10.6. The molecule has 0 spiro atoms. The van der Waals surface area contributed by atoms with Gasteiger partial charge in [0.05, 0.1) is 25.4 Å². The molecule has 0 saturated carbocycles. The fourth-order valence-electron chi connectivity index (χ4n) is 2.18. The minimum absolute atomic E-state index is 0.366. The number of hydrogen-bond donors (Lipinski definition) is 2. The van der Waals surface area contributed by atoms with Crippen molar-refractivity contribution in [3.05, 3.63) is 36.4 Å². The summed E-state index contributed by atoms with van der Waals surface area (Å²) in [6.45, 7) is 4.45. The van der Waals surface area contributed by atoms with E-state index in [9.17, 15) is 10.2 Å². The van der Waals surface area contributed by atoms with Crippen LogP contribution in [0.25, 0.3) is 10.8 Å². The van der Waals surface area contributed by atoms with E-state index < -0.39 is 0 Å². The Kier molecular flexibility index (Phi) is 6.04. The van der Waals surface area contributed by atoms with E-state index in [0.29, 0.717) is 26.1 Å². The molecule has 2 N–H and O–H groups in total. The van der Waals surface area contributed by atoms with Gasteiger partial charge >= 0.3 is 0 Å². The molecule has 0 aliphatic heterocycles. The van der Waals surface area contributed by atoms with Crippen molar-refractivity contribution in [2.24, 2.45) is 0 Å². The SMILES string of the molecule is CC(O)CCOc1cccc2c(OCCC(C)O)cccc12. The molecule has 2 unspecified atom stereocenters. The Hall–Kier alpha value is -1.78. The summed E-state index contributed by atoms with van der Waals surface area (Å²) >= 11 is 0. The highest BCUT2D eigenvalue weighted by atomic mass is 16.5. The van der Waals surface area contributed by atoms with Crippen LogP contribution < -0.4 is 9.47 Å². The number of benzene rings is 2. The number of aliphatic hydroxyl groups is 2. The molecule has 0 aromatic heterocycles. The monoisotopic (exact) mass is 304 g/mol. The summed E-state index contributed by atoms with van der Waals surface area (Å²) in [6, 6.07) is 11.7. The molecule has 0 bridgehead atoms. The van der Waals surface area contributed by atoms with Gasteiger partial charge in [-0.15, -0.1) is 0 Å². The van der Waals surface area contributed by atoms with Gasteiger partial charge in [-0.05, 0) is 26.0 Å². The van der Waals surface area contributed by atoms with E-state index in [0.717, 1.165) is 22.3 Å². The van der Waals surface area contributed by atoms with Gasteiger partial charge in [0, 0.05) is 23.6 Å². The lowest BCUT2D eigenvalue weighted by Gasteiger charge is -2.13. The molecule has 0 aliphatic rings. The van der Waals surface area contributed by atoms with Crippen LogP contribution in [0, 0.1) is 0 Å². The maximum atomic E-state index is 9.31. The van der Waals surface area contributed by atoms with Gasteiger partial charge in [-0.25, -0.2) is 0 Å². The van der Waals surface area contributed by atoms with Crippen molar-refractivity contribution in [2.45, 2.75) is 38.9 Å². The summed E-state index contributed by atoms with van der Waals surface area (Å²) in [6.07, 6.45) is 0.464. The minimum Gasteiger partial charge on any atom is -0.493 e. The van der Waals surface area contributed by atoms with E-state index in [-0.39, 0.29) is 12.2 Å². The zero-order chi connectivity index (χ0) is 15.9. The normalized spacial score (nSPS) is 13.8. The van der Waals surface area contributed by atoms with Gasteiger partial charge in [-0.1, -0.05) is 24.3 Å². The Morgan fingerprint density at radius 2 is 1.18 bits per heavy atom. The smallest absolute Gasteiger partial charge is 0.127 e. The van der Waals surface area contributed by atoms with Gasteiger partial charge in [0.1, 0.15) is 11.5 Å². The Labute approximate surface area is 131 Å². The van der Waals surface area contributed by atoms with Crippen LogP contribution in [0.2, 0.25) is 0 Å². The predicted molar refractivity (Wildman–Crippen MR) is 87.5 cm³/mol. The zero-order valence-electron chi connectivity index (χ0n) is 13.2. The lowest BCUT2D eigenvalue weighted by molar-refractivity contribution is 0.155. The Balaban J connectivity index is 2.15. The number of hydrogen-bond acceptors (Lipinski definition) is 4. The Morgan fingerprint density at radius 1 is 0.773 bits per heavy atom. The van der Waals surface area contributed by atoms with Gasteiger partial charge in [0.25, 0.3) is 0 Å². The third-order valence-electron chi connectivity index (χ3n) is 3.43. The quantitative estimate of drug-likeness (QED) is 0.786. The van der Waals surface area contributed by atoms with Gasteiger partial charge in [-0.3, -0.25) is 0 Å². The van der Waals surface area contributed by atoms with Crippen LogP contribution in [0.1, 0.15) is 26.7 Å². The highest BCUT2D eigenvalue weighted by molar-refractivity contribution is 5.93. The van der Waals surface area contributed by atoms with Crippen LogP contribution >= 0.6 is 0 Å². The summed E-state index contributed by atoms with van der Waals surface area (Å²) in [5, 5.41) is 20.6.